The molecule has 0 aromatic heterocycles. The van der Waals surface area contributed by atoms with Crippen LogP contribution in [-0.2, 0) is 4.74 Å². The quantitative estimate of drug-likeness (QED) is 0.785. The summed E-state index contributed by atoms with van der Waals surface area (Å²) in [5.41, 5.74) is 0.868. The van der Waals surface area contributed by atoms with Crippen LogP contribution in [0.2, 0.25) is 0 Å². The summed E-state index contributed by atoms with van der Waals surface area (Å²) in [7, 11) is 0. The molecule has 0 radical (unpaired) electrons. The van der Waals surface area contributed by atoms with Gasteiger partial charge in [-0.2, -0.15) is 8.78 Å². The maximum atomic E-state index is 13.0. The van der Waals surface area contributed by atoms with Crippen LogP contribution >= 0.6 is 0 Å². The normalized spacial score (nSPS) is 21.8. The molecule has 0 amide bonds. The average molecular weight is 277 g/mol. The van der Waals surface area contributed by atoms with Crippen molar-refractivity contribution in [3.05, 3.63) is 35.9 Å². The van der Waals surface area contributed by atoms with Gasteiger partial charge in [-0.15, -0.1) is 0 Å². The number of rotatable bonds is 4. The predicted octanol–water partition coefficient (Wildman–Crippen LogP) is 2.96. The van der Waals surface area contributed by atoms with Gasteiger partial charge in [0.05, 0.1) is 19.3 Å². The summed E-state index contributed by atoms with van der Waals surface area (Å²) in [5.74, 6) is -3.97. The van der Waals surface area contributed by atoms with Crippen molar-refractivity contribution < 1.29 is 22.3 Å². The van der Waals surface area contributed by atoms with Gasteiger partial charge in [0.25, 0.3) is 0 Å². The van der Waals surface area contributed by atoms with Crippen molar-refractivity contribution >= 4 is 0 Å². The molecule has 0 unspecified atom stereocenters. The third-order valence-electron chi connectivity index (χ3n) is 3.08. The van der Waals surface area contributed by atoms with Crippen LogP contribution in [0.4, 0.5) is 17.6 Å². The second-order valence-corrected chi connectivity index (χ2v) is 4.57. The van der Waals surface area contributed by atoms with Gasteiger partial charge in [0.1, 0.15) is 0 Å². The molecule has 0 N–H and O–H groups in total. The first-order valence-corrected chi connectivity index (χ1v) is 6.04. The topological polar surface area (TPSA) is 12.5 Å². The standard InChI is InChI=1S/C13H15F4NO/c14-12(15)13(16,17)9-18-6-7-19-11(8-18)10-4-2-1-3-5-10/h1-5,11-12H,6-9H2/t11-/m1/s1. The second kappa shape index (κ2) is 5.88. The Bertz CT molecular complexity index is 399. The first-order chi connectivity index (χ1) is 8.99. The minimum absolute atomic E-state index is 0.201. The first-order valence-electron chi connectivity index (χ1n) is 6.04. The smallest absolute Gasteiger partial charge is 0.319 e. The minimum atomic E-state index is -3.97. The molecule has 106 valence electrons. The largest absolute Gasteiger partial charge is 0.371 e. The highest BCUT2D eigenvalue weighted by molar-refractivity contribution is 5.18. The molecule has 0 bridgehead atoms. The van der Waals surface area contributed by atoms with Crippen molar-refractivity contribution in [3.8, 4) is 0 Å². The lowest BCUT2D eigenvalue weighted by Gasteiger charge is -2.34. The van der Waals surface area contributed by atoms with E-state index >= 15 is 0 Å². The van der Waals surface area contributed by atoms with E-state index in [9.17, 15) is 17.6 Å². The number of hydrogen-bond acceptors (Lipinski definition) is 2. The van der Waals surface area contributed by atoms with Gasteiger partial charge < -0.3 is 4.74 Å². The Labute approximate surface area is 109 Å². The van der Waals surface area contributed by atoms with Crippen LogP contribution in [0.1, 0.15) is 11.7 Å². The summed E-state index contributed by atoms with van der Waals surface area (Å²) in [5, 5.41) is 0. The Morgan fingerprint density at radius 1 is 1.26 bits per heavy atom. The minimum Gasteiger partial charge on any atom is -0.371 e. The van der Waals surface area contributed by atoms with Gasteiger partial charge in [0.2, 0.25) is 0 Å². The van der Waals surface area contributed by atoms with Crippen molar-refractivity contribution in [2.24, 2.45) is 0 Å². The van der Waals surface area contributed by atoms with Crippen molar-refractivity contribution in [1.82, 2.24) is 4.90 Å². The van der Waals surface area contributed by atoms with Gasteiger partial charge >= 0.3 is 12.3 Å². The molecule has 2 rings (SSSR count). The van der Waals surface area contributed by atoms with Crippen LogP contribution in [0, 0.1) is 0 Å². The fraction of sp³-hybridized carbons (Fsp3) is 0.538. The zero-order valence-electron chi connectivity index (χ0n) is 10.2. The Balaban J connectivity index is 1.98. The lowest BCUT2D eigenvalue weighted by molar-refractivity contribution is -0.154. The monoisotopic (exact) mass is 277 g/mol. The summed E-state index contributed by atoms with van der Waals surface area (Å²) in [6.45, 7) is -0.228. The molecular weight excluding hydrogens is 262 g/mol. The van der Waals surface area contributed by atoms with Gasteiger partial charge in [0, 0.05) is 13.1 Å². The molecule has 1 heterocycles. The number of benzene rings is 1. The summed E-state index contributed by atoms with van der Waals surface area (Å²) < 4.78 is 55.9. The van der Waals surface area contributed by atoms with E-state index in [1.807, 2.05) is 30.3 Å². The van der Waals surface area contributed by atoms with Crippen LogP contribution in [0.5, 0.6) is 0 Å². The Morgan fingerprint density at radius 2 is 1.95 bits per heavy atom. The highest BCUT2D eigenvalue weighted by atomic mass is 19.3. The van der Waals surface area contributed by atoms with Crippen molar-refractivity contribution in [3.63, 3.8) is 0 Å². The Morgan fingerprint density at radius 3 is 2.58 bits per heavy atom. The fourth-order valence-corrected chi connectivity index (χ4v) is 2.08. The first kappa shape index (κ1) is 14.3. The third-order valence-corrected chi connectivity index (χ3v) is 3.08. The van der Waals surface area contributed by atoms with Gasteiger partial charge in [0.15, 0.2) is 0 Å². The summed E-state index contributed by atoms with van der Waals surface area (Å²) in [6, 6.07) is 9.16. The molecule has 2 nitrogen and oxygen atoms in total. The molecule has 1 aromatic carbocycles. The van der Waals surface area contributed by atoms with E-state index in [4.69, 9.17) is 4.74 Å². The number of halogens is 4. The van der Waals surface area contributed by atoms with E-state index < -0.39 is 18.9 Å². The zero-order valence-corrected chi connectivity index (χ0v) is 10.2. The molecule has 1 aromatic rings. The molecule has 0 spiro atoms. The van der Waals surface area contributed by atoms with Crippen molar-refractivity contribution in [2.75, 3.05) is 26.2 Å². The third kappa shape index (κ3) is 3.67. The van der Waals surface area contributed by atoms with E-state index in [0.717, 1.165) is 5.56 Å². The maximum Gasteiger partial charge on any atom is 0.319 e. The average Bonchev–Trinajstić information content (AvgIpc) is 2.39. The summed E-state index contributed by atoms with van der Waals surface area (Å²) >= 11 is 0. The van der Waals surface area contributed by atoms with Crippen LogP contribution in [-0.4, -0.2) is 43.5 Å². The molecule has 1 atom stereocenters. The lowest BCUT2D eigenvalue weighted by atomic mass is 10.1. The van der Waals surface area contributed by atoms with E-state index in [0.29, 0.717) is 0 Å². The Hall–Kier alpha value is -1.14. The van der Waals surface area contributed by atoms with Crippen LogP contribution in [0.25, 0.3) is 0 Å². The fourth-order valence-electron chi connectivity index (χ4n) is 2.08. The number of nitrogens with zero attached hydrogens (tertiary/aromatic N) is 1. The van der Waals surface area contributed by atoms with Crippen LogP contribution in [0.3, 0.4) is 0 Å². The molecule has 0 saturated carbocycles. The van der Waals surface area contributed by atoms with E-state index in [2.05, 4.69) is 0 Å². The van der Waals surface area contributed by atoms with Crippen LogP contribution < -0.4 is 0 Å². The number of ether oxygens (including phenoxy) is 1. The highest BCUT2D eigenvalue weighted by Crippen LogP contribution is 2.27. The lowest BCUT2D eigenvalue weighted by Crippen LogP contribution is -2.47. The van der Waals surface area contributed by atoms with Gasteiger partial charge in [-0.1, -0.05) is 30.3 Å². The second-order valence-electron chi connectivity index (χ2n) is 4.57. The molecular formula is C13H15F4NO. The molecule has 1 aliphatic rings. The molecule has 1 saturated heterocycles. The molecule has 1 aliphatic heterocycles. The summed E-state index contributed by atoms with van der Waals surface area (Å²) in [6.07, 6.45) is -3.98. The van der Waals surface area contributed by atoms with E-state index in [1.54, 1.807) is 0 Å². The van der Waals surface area contributed by atoms with Gasteiger partial charge in [-0.3, -0.25) is 4.90 Å². The molecule has 6 heteroatoms. The molecule has 0 aliphatic carbocycles. The van der Waals surface area contributed by atoms with Gasteiger partial charge in [-0.05, 0) is 5.56 Å². The van der Waals surface area contributed by atoms with Crippen LogP contribution in [0.15, 0.2) is 30.3 Å². The maximum absolute atomic E-state index is 13.0. The number of alkyl halides is 4. The predicted molar refractivity (Wildman–Crippen MR) is 62.5 cm³/mol. The summed E-state index contributed by atoms with van der Waals surface area (Å²) in [4.78, 5) is 1.33. The number of morpholine rings is 1. The van der Waals surface area contributed by atoms with Crippen molar-refractivity contribution in [1.29, 1.82) is 0 Å². The molecule has 1 fully saturated rings. The highest BCUT2D eigenvalue weighted by Gasteiger charge is 2.43. The SMILES string of the molecule is FC(F)C(F)(F)CN1CCO[C@@H](c2ccccc2)C1. The Kier molecular flexibility index (Phi) is 4.42. The van der Waals surface area contributed by atoms with E-state index in [-0.39, 0.29) is 25.8 Å². The molecule has 19 heavy (non-hydrogen) atoms. The van der Waals surface area contributed by atoms with Gasteiger partial charge in [-0.25, -0.2) is 8.78 Å². The van der Waals surface area contributed by atoms with Crippen molar-refractivity contribution in [2.45, 2.75) is 18.5 Å². The zero-order chi connectivity index (χ0) is 13.9. The van der Waals surface area contributed by atoms with E-state index in [1.165, 1.54) is 4.90 Å². The number of hydrogen-bond donors (Lipinski definition) is 0.